The third-order valence-electron chi connectivity index (χ3n) is 6.67. The van der Waals surface area contributed by atoms with Crippen molar-refractivity contribution < 1.29 is 4.79 Å². The van der Waals surface area contributed by atoms with E-state index in [4.69, 9.17) is 0 Å². The quantitative estimate of drug-likeness (QED) is 0.553. The fraction of sp³-hybridized carbons (Fsp3) is 0.357. The second kappa shape index (κ2) is 10.6. The number of hydrogen-bond donors (Lipinski definition) is 0. The molecule has 33 heavy (non-hydrogen) atoms. The first-order valence-corrected chi connectivity index (χ1v) is 11.8. The number of benzene rings is 2. The second-order valence-electron chi connectivity index (χ2n) is 8.96. The average Bonchev–Trinajstić information content (AvgIpc) is 3.12. The van der Waals surface area contributed by atoms with Crippen LogP contribution in [-0.2, 0) is 10.2 Å². The fourth-order valence-electron chi connectivity index (χ4n) is 4.93. The van der Waals surface area contributed by atoms with Crippen molar-refractivity contribution >= 4 is 11.7 Å². The predicted octanol–water partition coefficient (Wildman–Crippen LogP) is 4.06. The van der Waals surface area contributed by atoms with Crippen molar-refractivity contribution in [3.63, 3.8) is 0 Å². The van der Waals surface area contributed by atoms with E-state index in [-0.39, 0.29) is 5.91 Å². The van der Waals surface area contributed by atoms with Gasteiger partial charge < -0.3 is 14.7 Å². The van der Waals surface area contributed by atoms with Crippen LogP contribution in [0.2, 0.25) is 0 Å². The van der Waals surface area contributed by atoms with Gasteiger partial charge >= 0.3 is 0 Å². The summed E-state index contributed by atoms with van der Waals surface area (Å²) in [6.45, 7) is 4.81. The molecule has 0 spiro atoms. The molecule has 0 unspecified atom stereocenters. The lowest BCUT2D eigenvalue weighted by Crippen LogP contribution is -2.47. The van der Waals surface area contributed by atoms with E-state index < -0.39 is 5.41 Å². The summed E-state index contributed by atoms with van der Waals surface area (Å²) in [6.07, 6.45) is 3.68. The van der Waals surface area contributed by atoms with Gasteiger partial charge in [-0.15, -0.1) is 0 Å². The fourth-order valence-corrected chi connectivity index (χ4v) is 4.93. The first-order chi connectivity index (χ1) is 16.1. The average molecular weight is 443 g/mol. The maximum Gasteiger partial charge on any atom is 0.237 e. The molecule has 5 heteroatoms. The zero-order valence-electron chi connectivity index (χ0n) is 19.7. The van der Waals surface area contributed by atoms with Gasteiger partial charge in [-0.25, -0.2) is 4.98 Å². The molecule has 1 aromatic heterocycles. The molecule has 0 atom stereocenters. The molecule has 1 fully saturated rings. The Morgan fingerprint density at radius 3 is 2.06 bits per heavy atom. The first-order valence-electron chi connectivity index (χ1n) is 11.8. The zero-order chi connectivity index (χ0) is 23.1. The Balaban J connectivity index is 1.59. The molecular weight excluding hydrogens is 408 g/mol. The summed E-state index contributed by atoms with van der Waals surface area (Å²) in [5.41, 5.74) is 1.40. The highest BCUT2D eigenvalue weighted by Crippen LogP contribution is 2.37. The lowest BCUT2D eigenvalue weighted by molar-refractivity contribution is -0.133. The van der Waals surface area contributed by atoms with Crippen LogP contribution in [0.3, 0.4) is 0 Å². The van der Waals surface area contributed by atoms with Gasteiger partial charge in [0, 0.05) is 39.9 Å². The number of amides is 1. The number of nitrogens with zero attached hydrogens (tertiary/aromatic N) is 4. The van der Waals surface area contributed by atoms with E-state index in [1.807, 2.05) is 68.8 Å². The highest BCUT2D eigenvalue weighted by atomic mass is 16.2. The molecule has 4 rings (SSSR count). The van der Waals surface area contributed by atoms with Crippen LogP contribution in [0, 0.1) is 0 Å². The van der Waals surface area contributed by atoms with Crippen LogP contribution in [0.4, 0.5) is 5.82 Å². The summed E-state index contributed by atoms with van der Waals surface area (Å²) < 4.78 is 0. The van der Waals surface area contributed by atoms with Gasteiger partial charge in [0.25, 0.3) is 0 Å². The minimum atomic E-state index is -0.709. The van der Waals surface area contributed by atoms with Crippen LogP contribution in [0.15, 0.2) is 85.1 Å². The van der Waals surface area contributed by atoms with E-state index >= 15 is 0 Å². The topological polar surface area (TPSA) is 39.7 Å². The van der Waals surface area contributed by atoms with Gasteiger partial charge in [0.15, 0.2) is 0 Å². The normalized spacial score (nSPS) is 15.2. The number of pyridine rings is 1. The van der Waals surface area contributed by atoms with Gasteiger partial charge in [-0.1, -0.05) is 66.7 Å². The molecule has 0 radical (unpaired) electrons. The summed E-state index contributed by atoms with van der Waals surface area (Å²) in [4.78, 5) is 25.0. The maximum absolute atomic E-state index is 13.8. The van der Waals surface area contributed by atoms with Gasteiger partial charge in [0.05, 0.1) is 0 Å². The lowest BCUT2D eigenvalue weighted by atomic mass is 9.70. The number of hydrogen-bond acceptors (Lipinski definition) is 4. The van der Waals surface area contributed by atoms with E-state index in [0.717, 1.165) is 62.5 Å². The minimum Gasteiger partial charge on any atom is -0.355 e. The van der Waals surface area contributed by atoms with Gasteiger partial charge in [-0.05, 0) is 49.2 Å². The Morgan fingerprint density at radius 1 is 0.848 bits per heavy atom. The van der Waals surface area contributed by atoms with Gasteiger partial charge in [-0.2, -0.15) is 0 Å². The summed E-state index contributed by atoms with van der Waals surface area (Å²) >= 11 is 0. The van der Waals surface area contributed by atoms with Gasteiger partial charge in [0.2, 0.25) is 5.91 Å². The molecule has 0 aliphatic carbocycles. The number of aromatic nitrogens is 1. The maximum atomic E-state index is 13.8. The number of carbonyl (C=O) groups is 1. The Kier molecular flexibility index (Phi) is 7.40. The molecule has 0 saturated carbocycles. The third kappa shape index (κ3) is 5.09. The Hall–Kier alpha value is -3.18. The van der Waals surface area contributed by atoms with E-state index in [9.17, 15) is 4.79 Å². The van der Waals surface area contributed by atoms with Gasteiger partial charge in [0.1, 0.15) is 11.2 Å². The summed E-state index contributed by atoms with van der Waals surface area (Å²) in [5, 5.41) is 0. The monoisotopic (exact) mass is 442 g/mol. The molecule has 1 aliphatic rings. The number of anilines is 1. The Labute approximate surface area is 197 Å². The Bertz CT molecular complexity index is 968. The molecule has 5 nitrogen and oxygen atoms in total. The van der Waals surface area contributed by atoms with Crippen molar-refractivity contribution in [2.75, 3.05) is 51.7 Å². The third-order valence-corrected chi connectivity index (χ3v) is 6.67. The van der Waals surface area contributed by atoms with E-state index in [0.29, 0.717) is 0 Å². The minimum absolute atomic E-state index is 0.129. The van der Waals surface area contributed by atoms with Crippen molar-refractivity contribution in [3.05, 3.63) is 96.2 Å². The standard InChI is InChI=1S/C28H34N4O/c1-30(2)27(33)28(24-12-5-3-6-13-24,25-14-7-4-8-15-25)17-21-31-19-11-20-32(23-22-31)26-16-9-10-18-29-26/h3-10,12-16,18H,11,17,19-23H2,1-2H3. The number of carbonyl (C=O) groups excluding carboxylic acids is 1. The molecule has 172 valence electrons. The van der Waals surface area contributed by atoms with Crippen molar-refractivity contribution in [1.82, 2.24) is 14.8 Å². The first kappa shape index (κ1) is 23.0. The Morgan fingerprint density at radius 2 is 1.48 bits per heavy atom. The van der Waals surface area contributed by atoms with Crippen molar-refractivity contribution in [1.29, 1.82) is 0 Å². The van der Waals surface area contributed by atoms with E-state index in [2.05, 4.69) is 45.1 Å². The molecular formula is C28H34N4O. The van der Waals surface area contributed by atoms with E-state index in [1.54, 1.807) is 4.90 Å². The zero-order valence-corrected chi connectivity index (χ0v) is 19.7. The largest absolute Gasteiger partial charge is 0.355 e. The molecule has 0 N–H and O–H groups in total. The van der Waals surface area contributed by atoms with Crippen molar-refractivity contribution in [2.24, 2.45) is 0 Å². The van der Waals surface area contributed by atoms with Gasteiger partial charge in [-0.3, -0.25) is 4.79 Å². The summed E-state index contributed by atoms with van der Waals surface area (Å²) in [6, 6.07) is 26.6. The molecule has 0 bridgehead atoms. The number of rotatable bonds is 7. The second-order valence-corrected chi connectivity index (χ2v) is 8.96. The molecule has 1 aliphatic heterocycles. The number of likely N-dealkylation sites (N-methyl/N-ethyl adjacent to an activating group) is 1. The highest BCUT2D eigenvalue weighted by Gasteiger charge is 2.43. The van der Waals surface area contributed by atoms with Crippen LogP contribution < -0.4 is 4.90 Å². The summed E-state index contributed by atoms with van der Waals surface area (Å²) in [5.74, 6) is 1.18. The van der Waals surface area contributed by atoms with Crippen LogP contribution in [0.25, 0.3) is 0 Å². The van der Waals surface area contributed by atoms with Crippen LogP contribution >= 0.6 is 0 Å². The predicted molar refractivity (Wildman–Crippen MR) is 134 cm³/mol. The van der Waals surface area contributed by atoms with Crippen LogP contribution in [0.5, 0.6) is 0 Å². The van der Waals surface area contributed by atoms with Crippen LogP contribution in [0.1, 0.15) is 24.0 Å². The smallest absolute Gasteiger partial charge is 0.237 e. The molecule has 1 amide bonds. The molecule has 3 aromatic rings. The molecule has 2 heterocycles. The van der Waals surface area contributed by atoms with E-state index in [1.165, 1.54) is 0 Å². The van der Waals surface area contributed by atoms with Crippen molar-refractivity contribution in [3.8, 4) is 0 Å². The van der Waals surface area contributed by atoms with Crippen molar-refractivity contribution in [2.45, 2.75) is 18.3 Å². The SMILES string of the molecule is CN(C)C(=O)C(CCN1CCCN(c2ccccn2)CC1)(c1ccccc1)c1ccccc1. The lowest BCUT2D eigenvalue weighted by Gasteiger charge is -2.37. The van der Waals surface area contributed by atoms with Crippen LogP contribution in [-0.4, -0.2) is 67.5 Å². The molecule has 2 aromatic carbocycles. The molecule has 1 saturated heterocycles. The summed E-state index contributed by atoms with van der Waals surface area (Å²) in [7, 11) is 3.72. The highest BCUT2D eigenvalue weighted by molar-refractivity contribution is 5.91.